The molecule has 1 N–H and O–H groups in total. The van der Waals surface area contributed by atoms with Crippen LogP contribution in [0.5, 0.6) is 0 Å². The van der Waals surface area contributed by atoms with Crippen LogP contribution in [-0.2, 0) is 0 Å². The summed E-state index contributed by atoms with van der Waals surface area (Å²) in [6, 6.07) is 0.683. The first-order valence-corrected chi connectivity index (χ1v) is 7.58. The van der Waals surface area contributed by atoms with Crippen molar-refractivity contribution in [3.8, 4) is 0 Å². The fourth-order valence-corrected chi connectivity index (χ4v) is 3.44. The van der Waals surface area contributed by atoms with Crippen molar-refractivity contribution in [2.24, 2.45) is 0 Å². The molecule has 1 fully saturated rings. The molecule has 0 radical (unpaired) electrons. The van der Waals surface area contributed by atoms with E-state index in [0.29, 0.717) is 11.6 Å². The largest absolute Gasteiger partial charge is 0.312 e. The third-order valence-electron chi connectivity index (χ3n) is 4.48. The van der Waals surface area contributed by atoms with Crippen LogP contribution in [0.2, 0.25) is 0 Å². The van der Waals surface area contributed by atoms with Crippen LogP contribution in [0.1, 0.15) is 65.2 Å². The van der Waals surface area contributed by atoms with Gasteiger partial charge < -0.3 is 10.2 Å². The summed E-state index contributed by atoms with van der Waals surface area (Å²) < 4.78 is 0. The van der Waals surface area contributed by atoms with Crippen molar-refractivity contribution in [2.75, 3.05) is 20.6 Å². The molecule has 0 aliphatic heterocycles. The van der Waals surface area contributed by atoms with Crippen molar-refractivity contribution in [1.29, 1.82) is 0 Å². The van der Waals surface area contributed by atoms with Crippen LogP contribution in [0.4, 0.5) is 0 Å². The number of nitrogens with zero attached hydrogens (tertiary/aromatic N) is 1. The molecule has 0 aromatic rings. The Balaban J connectivity index is 2.75. The van der Waals surface area contributed by atoms with Crippen LogP contribution < -0.4 is 5.32 Å². The third kappa shape index (κ3) is 3.69. The van der Waals surface area contributed by atoms with Crippen molar-refractivity contribution in [2.45, 2.75) is 76.8 Å². The van der Waals surface area contributed by atoms with E-state index >= 15 is 0 Å². The van der Waals surface area contributed by atoms with E-state index in [4.69, 9.17) is 0 Å². The average molecular weight is 240 g/mol. The van der Waals surface area contributed by atoms with Crippen LogP contribution in [0.15, 0.2) is 0 Å². The molecule has 1 rings (SSSR count). The molecule has 0 bridgehead atoms. The van der Waals surface area contributed by atoms with Crippen LogP contribution >= 0.6 is 0 Å². The molecular formula is C15H32N2. The Hall–Kier alpha value is -0.0800. The normalized spacial score (nSPS) is 21.7. The number of likely N-dealkylation sites (N-methyl/N-ethyl adjacent to an activating group) is 1. The Morgan fingerprint density at radius 2 is 1.71 bits per heavy atom. The van der Waals surface area contributed by atoms with E-state index in [1.807, 2.05) is 0 Å². The Morgan fingerprint density at radius 1 is 1.06 bits per heavy atom. The predicted molar refractivity (Wildman–Crippen MR) is 76.5 cm³/mol. The van der Waals surface area contributed by atoms with Gasteiger partial charge in [0.1, 0.15) is 0 Å². The highest BCUT2D eigenvalue weighted by molar-refractivity contribution is 5.00. The second kappa shape index (κ2) is 7.38. The van der Waals surface area contributed by atoms with Gasteiger partial charge in [-0.05, 0) is 46.3 Å². The second-order valence-corrected chi connectivity index (χ2v) is 5.85. The minimum Gasteiger partial charge on any atom is -0.312 e. The summed E-state index contributed by atoms with van der Waals surface area (Å²) in [6.07, 6.45) is 10.8. The lowest BCUT2D eigenvalue weighted by Gasteiger charge is -2.49. The van der Waals surface area contributed by atoms with E-state index in [9.17, 15) is 0 Å². The van der Waals surface area contributed by atoms with Gasteiger partial charge in [0.15, 0.2) is 0 Å². The van der Waals surface area contributed by atoms with Gasteiger partial charge in [-0.25, -0.2) is 0 Å². The molecule has 1 atom stereocenters. The van der Waals surface area contributed by atoms with Gasteiger partial charge in [0.25, 0.3) is 0 Å². The summed E-state index contributed by atoms with van der Waals surface area (Å²) in [5.41, 5.74) is 0.420. The molecule has 0 aromatic heterocycles. The van der Waals surface area contributed by atoms with Gasteiger partial charge >= 0.3 is 0 Å². The molecular weight excluding hydrogens is 208 g/mol. The van der Waals surface area contributed by atoms with Gasteiger partial charge in [0, 0.05) is 11.6 Å². The first kappa shape index (κ1) is 15.0. The molecule has 0 saturated heterocycles. The van der Waals surface area contributed by atoms with Gasteiger partial charge in [-0.15, -0.1) is 0 Å². The highest BCUT2D eigenvalue weighted by Gasteiger charge is 2.40. The summed E-state index contributed by atoms with van der Waals surface area (Å²) in [5.74, 6) is 0. The van der Waals surface area contributed by atoms with Gasteiger partial charge in [0.05, 0.1) is 0 Å². The summed E-state index contributed by atoms with van der Waals surface area (Å²) >= 11 is 0. The van der Waals surface area contributed by atoms with Gasteiger partial charge in [0.2, 0.25) is 0 Å². The maximum Gasteiger partial charge on any atom is 0.0356 e. The molecule has 0 aromatic carbocycles. The zero-order valence-electron chi connectivity index (χ0n) is 12.4. The van der Waals surface area contributed by atoms with Crippen LogP contribution in [-0.4, -0.2) is 37.1 Å². The first-order chi connectivity index (χ1) is 8.17. The predicted octanol–water partition coefficient (Wildman–Crippen LogP) is 3.42. The molecule has 17 heavy (non-hydrogen) atoms. The zero-order valence-corrected chi connectivity index (χ0v) is 12.4. The maximum absolute atomic E-state index is 3.82. The number of hydrogen-bond donors (Lipinski definition) is 1. The molecule has 0 heterocycles. The second-order valence-electron chi connectivity index (χ2n) is 5.85. The molecule has 1 saturated carbocycles. The Labute approximate surface area is 108 Å². The van der Waals surface area contributed by atoms with Gasteiger partial charge in [-0.2, -0.15) is 0 Å². The Morgan fingerprint density at radius 3 is 2.18 bits per heavy atom. The fourth-order valence-electron chi connectivity index (χ4n) is 3.44. The zero-order chi connectivity index (χ0) is 12.7. The van der Waals surface area contributed by atoms with Crippen molar-refractivity contribution >= 4 is 0 Å². The smallest absolute Gasteiger partial charge is 0.0356 e. The summed E-state index contributed by atoms with van der Waals surface area (Å²) in [5, 5.41) is 3.82. The van der Waals surface area contributed by atoms with Crippen LogP contribution in [0.3, 0.4) is 0 Å². The van der Waals surface area contributed by atoms with Crippen molar-refractivity contribution < 1.29 is 0 Å². The van der Waals surface area contributed by atoms with Gasteiger partial charge in [-0.1, -0.05) is 39.5 Å². The highest BCUT2D eigenvalue weighted by atomic mass is 15.2. The van der Waals surface area contributed by atoms with Crippen molar-refractivity contribution in [3.05, 3.63) is 0 Å². The first-order valence-electron chi connectivity index (χ1n) is 7.58. The lowest BCUT2D eigenvalue weighted by Crippen LogP contribution is -2.60. The third-order valence-corrected chi connectivity index (χ3v) is 4.48. The van der Waals surface area contributed by atoms with E-state index in [1.165, 1.54) is 57.9 Å². The van der Waals surface area contributed by atoms with E-state index < -0.39 is 0 Å². The molecule has 102 valence electrons. The van der Waals surface area contributed by atoms with E-state index in [1.54, 1.807) is 0 Å². The van der Waals surface area contributed by atoms with Crippen LogP contribution in [0, 0.1) is 0 Å². The Bertz CT molecular complexity index is 195. The monoisotopic (exact) mass is 240 g/mol. The molecule has 0 amide bonds. The SMILES string of the molecule is CCCNC(CCC)C1(N(C)C)CCCCC1. The standard InChI is InChI=1S/C15H32N2/c1-5-10-14(16-13-6-2)15(17(3)4)11-8-7-9-12-15/h14,16H,5-13H2,1-4H3. The molecule has 1 unspecified atom stereocenters. The molecule has 0 spiro atoms. The summed E-state index contributed by atoms with van der Waals surface area (Å²) in [7, 11) is 4.56. The van der Waals surface area contributed by atoms with E-state index in [2.05, 4.69) is 38.2 Å². The van der Waals surface area contributed by atoms with Crippen molar-refractivity contribution in [3.63, 3.8) is 0 Å². The van der Waals surface area contributed by atoms with Gasteiger partial charge in [-0.3, -0.25) is 0 Å². The molecule has 1 aliphatic rings. The fraction of sp³-hybridized carbons (Fsp3) is 1.00. The lowest BCUT2D eigenvalue weighted by atomic mass is 9.74. The average Bonchev–Trinajstić information content (AvgIpc) is 2.35. The number of rotatable bonds is 7. The number of hydrogen-bond acceptors (Lipinski definition) is 2. The molecule has 2 nitrogen and oxygen atoms in total. The topological polar surface area (TPSA) is 15.3 Å². The summed E-state index contributed by atoms with van der Waals surface area (Å²) in [6.45, 7) is 5.74. The molecule has 2 heteroatoms. The Kier molecular flexibility index (Phi) is 6.50. The molecule has 1 aliphatic carbocycles. The lowest BCUT2D eigenvalue weighted by molar-refractivity contribution is 0.0532. The van der Waals surface area contributed by atoms with E-state index in [-0.39, 0.29) is 0 Å². The quantitative estimate of drug-likeness (QED) is 0.733. The highest BCUT2D eigenvalue weighted by Crippen LogP contribution is 2.36. The van der Waals surface area contributed by atoms with Crippen LogP contribution in [0.25, 0.3) is 0 Å². The number of nitrogens with one attached hydrogen (secondary N) is 1. The maximum atomic E-state index is 3.82. The van der Waals surface area contributed by atoms with Crippen molar-refractivity contribution in [1.82, 2.24) is 10.2 Å². The van der Waals surface area contributed by atoms with E-state index in [0.717, 1.165) is 0 Å². The minimum atomic E-state index is 0.420. The minimum absolute atomic E-state index is 0.420. The summed E-state index contributed by atoms with van der Waals surface area (Å²) in [4.78, 5) is 2.51.